The number of hydrogen-bond acceptors (Lipinski definition) is 3. The lowest BCUT2D eigenvalue weighted by atomic mass is 9.69. The maximum atomic E-state index is 9.92. The Bertz CT molecular complexity index is 1480. The zero-order valence-corrected chi connectivity index (χ0v) is 24.2. The van der Waals surface area contributed by atoms with Gasteiger partial charge < -0.3 is 15.1 Å². The first-order valence-electron chi connectivity index (χ1n) is 14.5. The molecule has 0 unspecified atom stereocenters. The topological polar surface area (TPSA) is 43.7 Å². The van der Waals surface area contributed by atoms with Gasteiger partial charge in [0.2, 0.25) is 0 Å². The average molecular weight is 542 g/mol. The number of benzene rings is 5. The summed E-state index contributed by atoms with van der Waals surface area (Å²) in [6.45, 7) is 6.49. The molecule has 5 aromatic carbocycles. The Hall–Kier alpha value is -4.50. The molecule has 0 aromatic heterocycles. The van der Waals surface area contributed by atoms with Crippen LogP contribution in [0.15, 0.2) is 121 Å². The minimum atomic E-state index is -0.200. The number of nitrogens with zero attached hydrogens (tertiary/aromatic N) is 1. The summed E-state index contributed by atoms with van der Waals surface area (Å²) in [4.78, 5) is 2.32. The predicted molar refractivity (Wildman–Crippen MR) is 171 cm³/mol. The Balaban J connectivity index is 1.38. The van der Waals surface area contributed by atoms with Crippen molar-refractivity contribution in [3.63, 3.8) is 0 Å². The highest BCUT2D eigenvalue weighted by Crippen LogP contribution is 2.41. The fourth-order valence-corrected chi connectivity index (χ4v) is 5.99. The van der Waals surface area contributed by atoms with Gasteiger partial charge in [-0.1, -0.05) is 67.6 Å². The Kier molecular flexibility index (Phi) is 8.45. The standard InChI is InChI=1S/C38H39NO2/c1-4-38(31-15-21-36(40)22-16-31,32-17-23-37(41)24-18-32)25-7-10-30-13-19-33(20-14-30)39(34-11-5-8-28(2)26-34)35-12-6-9-29(3)27-35/h5-6,8-9,11-24,26-27,40-41H,4,7,10,25H2,1-3H3. The zero-order valence-electron chi connectivity index (χ0n) is 24.2. The molecular weight excluding hydrogens is 502 g/mol. The van der Waals surface area contributed by atoms with Crippen molar-refractivity contribution in [3.8, 4) is 11.5 Å². The lowest BCUT2D eigenvalue weighted by Crippen LogP contribution is -2.27. The summed E-state index contributed by atoms with van der Waals surface area (Å²) >= 11 is 0. The van der Waals surface area contributed by atoms with Crippen LogP contribution in [0.3, 0.4) is 0 Å². The van der Waals surface area contributed by atoms with Gasteiger partial charge in [-0.15, -0.1) is 0 Å². The van der Waals surface area contributed by atoms with Crippen molar-refractivity contribution in [1.82, 2.24) is 0 Å². The van der Waals surface area contributed by atoms with E-state index in [1.54, 1.807) is 24.3 Å². The number of hydrogen-bond donors (Lipinski definition) is 2. The number of aryl methyl sites for hydroxylation is 3. The molecule has 0 saturated heterocycles. The second-order valence-electron chi connectivity index (χ2n) is 11.1. The summed E-state index contributed by atoms with van der Waals surface area (Å²) in [5.74, 6) is 0.546. The predicted octanol–water partition coefficient (Wildman–Crippen LogP) is 9.90. The van der Waals surface area contributed by atoms with E-state index in [0.717, 1.165) is 42.7 Å². The fourth-order valence-electron chi connectivity index (χ4n) is 5.99. The first kappa shape index (κ1) is 28.0. The van der Waals surface area contributed by atoms with E-state index >= 15 is 0 Å². The first-order valence-corrected chi connectivity index (χ1v) is 14.5. The fraction of sp³-hybridized carbons (Fsp3) is 0.211. The molecule has 0 aliphatic rings. The van der Waals surface area contributed by atoms with Crippen molar-refractivity contribution in [3.05, 3.63) is 149 Å². The van der Waals surface area contributed by atoms with Crippen LogP contribution in [-0.2, 0) is 11.8 Å². The quantitative estimate of drug-likeness (QED) is 0.185. The Morgan fingerprint density at radius 3 is 1.51 bits per heavy atom. The second-order valence-corrected chi connectivity index (χ2v) is 11.1. The van der Waals surface area contributed by atoms with Crippen molar-refractivity contribution in [1.29, 1.82) is 0 Å². The van der Waals surface area contributed by atoms with Crippen LogP contribution in [0.1, 0.15) is 54.0 Å². The van der Waals surface area contributed by atoms with E-state index in [0.29, 0.717) is 0 Å². The van der Waals surface area contributed by atoms with Crippen molar-refractivity contribution < 1.29 is 10.2 Å². The molecule has 2 N–H and O–H groups in total. The van der Waals surface area contributed by atoms with Gasteiger partial charge in [0, 0.05) is 22.5 Å². The summed E-state index contributed by atoms with van der Waals surface area (Å²) in [7, 11) is 0. The van der Waals surface area contributed by atoms with Crippen LogP contribution in [0.5, 0.6) is 11.5 Å². The van der Waals surface area contributed by atoms with E-state index in [2.05, 4.69) is 98.5 Å². The van der Waals surface area contributed by atoms with Crippen LogP contribution < -0.4 is 4.90 Å². The molecule has 208 valence electrons. The van der Waals surface area contributed by atoms with Gasteiger partial charge in [0.05, 0.1) is 0 Å². The highest BCUT2D eigenvalue weighted by molar-refractivity contribution is 5.77. The summed E-state index contributed by atoms with van der Waals surface area (Å²) in [5.41, 5.74) is 9.39. The van der Waals surface area contributed by atoms with Crippen molar-refractivity contribution >= 4 is 17.1 Å². The largest absolute Gasteiger partial charge is 0.508 e. The van der Waals surface area contributed by atoms with Crippen molar-refractivity contribution in [2.24, 2.45) is 0 Å². The van der Waals surface area contributed by atoms with E-state index in [4.69, 9.17) is 0 Å². The van der Waals surface area contributed by atoms with E-state index in [1.807, 2.05) is 24.3 Å². The minimum absolute atomic E-state index is 0.200. The molecule has 0 radical (unpaired) electrons. The van der Waals surface area contributed by atoms with E-state index < -0.39 is 0 Å². The smallest absolute Gasteiger partial charge is 0.115 e. The monoisotopic (exact) mass is 541 g/mol. The van der Waals surface area contributed by atoms with Crippen LogP contribution in [0.25, 0.3) is 0 Å². The Labute approximate surface area is 244 Å². The van der Waals surface area contributed by atoms with Gasteiger partial charge >= 0.3 is 0 Å². The maximum Gasteiger partial charge on any atom is 0.115 e. The molecule has 0 aliphatic carbocycles. The molecule has 0 spiro atoms. The van der Waals surface area contributed by atoms with Crippen LogP contribution in [0, 0.1) is 13.8 Å². The third kappa shape index (κ3) is 6.30. The number of aromatic hydroxyl groups is 2. The molecule has 0 atom stereocenters. The molecule has 0 aliphatic heterocycles. The molecule has 0 saturated carbocycles. The minimum Gasteiger partial charge on any atom is -0.508 e. The Morgan fingerprint density at radius 2 is 1.07 bits per heavy atom. The van der Waals surface area contributed by atoms with Gasteiger partial charge in [-0.3, -0.25) is 0 Å². The lowest BCUT2D eigenvalue weighted by molar-refractivity contribution is 0.435. The van der Waals surface area contributed by atoms with Crippen molar-refractivity contribution in [2.45, 2.75) is 51.9 Å². The lowest BCUT2D eigenvalue weighted by Gasteiger charge is -2.35. The summed E-state index contributed by atoms with van der Waals surface area (Å²) in [6, 6.07) is 41.5. The van der Waals surface area contributed by atoms with E-state index in [9.17, 15) is 10.2 Å². The molecule has 5 rings (SSSR count). The SMILES string of the molecule is CCC(CCCc1ccc(N(c2cccc(C)c2)c2cccc(C)c2)cc1)(c1ccc(O)cc1)c1ccc(O)cc1. The third-order valence-electron chi connectivity index (χ3n) is 8.23. The summed E-state index contributed by atoms with van der Waals surface area (Å²) in [5, 5.41) is 19.8. The molecule has 41 heavy (non-hydrogen) atoms. The number of anilines is 3. The number of rotatable bonds is 10. The van der Waals surface area contributed by atoms with Crippen molar-refractivity contribution in [2.75, 3.05) is 4.90 Å². The first-order chi connectivity index (χ1) is 19.9. The van der Waals surface area contributed by atoms with Crippen LogP contribution in [0.2, 0.25) is 0 Å². The van der Waals surface area contributed by atoms with Gasteiger partial charge in [0.15, 0.2) is 0 Å². The third-order valence-corrected chi connectivity index (χ3v) is 8.23. The Morgan fingerprint density at radius 1 is 0.585 bits per heavy atom. The van der Waals surface area contributed by atoms with Gasteiger partial charge in [-0.25, -0.2) is 0 Å². The second kappa shape index (κ2) is 12.3. The molecule has 0 bridgehead atoms. The summed E-state index contributed by atoms with van der Waals surface area (Å²) in [6.07, 6.45) is 3.85. The molecule has 0 amide bonds. The van der Waals surface area contributed by atoms with Gasteiger partial charge in [-0.05, 0) is 128 Å². The van der Waals surface area contributed by atoms with Gasteiger partial charge in [-0.2, -0.15) is 0 Å². The molecular formula is C38H39NO2. The van der Waals surface area contributed by atoms with Crippen LogP contribution >= 0.6 is 0 Å². The molecule has 3 heteroatoms. The van der Waals surface area contributed by atoms with Gasteiger partial charge in [0.1, 0.15) is 11.5 Å². The average Bonchev–Trinajstić information content (AvgIpc) is 2.98. The van der Waals surface area contributed by atoms with Crippen LogP contribution in [-0.4, -0.2) is 10.2 Å². The normalized spacial score (nSPS) is 11.4. The summed E-state index contributed by atoms with van der Waals surface area (Å²) < 4.78 is 0. The van der Waals surface area contributed by atoms with E-state index in [1.165, 1.54) is 27.8 Å². The van der Waals surface area contributed by atoms with Gasteiger partial charge in [0.25, 0.3) is 0 Å². The van der Waals surface area contributed by atoms with E-state index in [-0.39, 0.29) is 16.9 Å². The zero-order chi connectivity index (χ0) is 28.8. The maximum absolute atomic E-state index is 9.92. The molecule has 5 aromatic rings. The van der Waals surface area contributed by atoms with Crippen LogP contribution in [0.4, 0.5) is 17.1 Å². The molecule has 3 nitrogen and oxygen atoms in total. The highest BCUT2D eigenvalue weighted by Gasteiger charge is 2.32. The number of phenolic OH excluding ortho intramolecular Hbond substituents is 2. The number of phenols is 2. The molecule has 0 heterocycles. The highest BCUT2D eigenvalue weighted by atomic mass is 16.3. The molecule has 0 fully saturated rings.